The van der Waals surface area contributed by atoms with Gasteiger partial charge in [-0.05, 0) is 41.3 Å². The first-order chi connectivity index (χ1) is 12.5. The molecule has 0 saturated carbocycles. The van der Waals surface area contributed by atoms with E-state index >= 15 is 0 Å². The number of nitrogens with zero attached hydrogens (tertiary/aromatic N) is 1. The van der Waals surface area contributed by atoms with Crippen LogP contribution in [0.25, 0.3) is 0 Å². The molecule has 2 aromatic carbocycles. The Kier molecular flexibility index (Phi) is 5.91. The van der Waals surface area contributed by atoms with Crippen molar-refractivity contribution in [2.75, 3.05) is 31.6 Å². The van der Waals surface area contributed by atoms with Gasteiger partial charge in [-0.1, -0.05) is 32.0 Å². The number of morpholine rings is 1. The molecule has 2 aromatic rings. The van der Waals surface area contributed by atoms with Crippen LogP contribution in [0, 0.1) is 0 Å². The molecular formula is C21H26N2O3. The van der Waals surface area contributed by atoms with Gasteiger partial charge in [0.25, 0.3) is 5.91 Å². The summed E-state index contributed by atoms with van der Waals surface area (Å²) in [6, 6.07) is 13.0. The van der Waals surface area contributed by atoms with Crippen molar-refractivity contribution in [2.45, 2.75) is 26.3 Å². The first-order valence-corrected chi connectivity index (χ1v) is 9.06. The normalized spacial score (nSPS) is 15.2. The van der Waals surface area contributed by atoms with E-state index < -0.39 is 0 Å². The van der Waals surface area contributed by atoms with E-state index in [9.17, 15) is 9.90 Å². The van der Waals surface area contributed by atoms with Crippen LogP contribution in [0.3, 0.4) is 0 Å². The Bertz CT molecular complexity index is 768. The number of carbonyl (C=O) groups excluding carboxylic acids is 1. The summed E-state index contributed by atoms with van der Waals surface area (Å²) in [5, 5.41) is 13.0. The van der Waals surface area contributed by atoms with Crippen LogP contribution in [0.15, 0.2) is 42.5 Å². The van der Waals surface area contributed by atoms with Gasteiger partial charge < -0.3 is 15.2 Å². The molecule has 0 spiro atoms. The van der Waals surface area contributed by atoms with Gasteiger partial charge in [0.1, 0.15) is 5.75 Å². The zero-order valence-corrected chi connectivity index (χ0v) is 15.4. The largest absolute Gasteiger partial charge is 0.507 e. The van der Waals surface area contributed by atoms with Crippen molar-refractivity contribution in [3.05, 3.63) is 59.2 Å². The number of amides is 1. The van der Waals surface area contributed by atoms with Crippen molar-refractivity contribution in [3.63, 3.8) is 0 Å². The fourth-order valence-corrected chi connectivity index (χ4v) is 3.06. The van der Waals surface area contributed by atoms with Crippen LogP contribution in [0.1, 0.15) is 41.3 Å². The van der Waals surface area contributed by atoms with Crippen molar-refractivity contribution in [1.29, 1.82) is 0 Å². The number of hydrogen-bond donors (Lipinski definition) is 2. The standard InChI is InChI=1S/C21H26N2O3/c1-15(2)17-6-7-20(24)19(13-17)21(25)22-18-5-3-4-16(12-18)14-23-8-10-26-11-9-23/h3-7,12-13,15,24H,8-11,14H2,1-2H3,(H,22,25). The van der Waals surface area contributed by atoms with Crippen LogP contribution in [0.4, 0.5) is 5.69 Å². The van der Waals surface area contributed by atoms with E-state index in [1.165, 1.54) is 0 Å². The molecule has 0 aromatic heterocycles. The molecule has 0 aliphatic carbocycles. The maximum absolute atomic E-state index is 12.6. The SMILES string of the molecule is CC(C)c1ccc(O)c(C(=O)Nc2cccc(CN3CCOCC3)c2)c1. The van der Waals surface area contributed by atoms with Gasteiger partial charge in [-0.2, -0.15) is 0 Å². The molecule has 1 heterocycles. The number of rotatable bonds is 5. The highest BCUT2D eigenvalue weighted by Crippen LogP contribution is 2.24. The summed E-state index contributed by atoms with van der Waals surface area (Å²) >= 11 is 0. The van der Waals surface area contributed by atoms with Crippen LogP contribution in [0.2, 0.25) is 0 Å². The minimum absolute atomic E-state index is 0.00336. The molecule has 1 aliphatic rings. The lowest BCUT2D eigenvalue weighted by molar-refractivity contribution is 0.0342. The van der Waals surface area contributed by atoms with Gasteiger partial charge in [0.05, 0.1) is 18.8 Å². The van der Waals surface area contributed by atoms with E-state index in [1.807, 2.05) is 24.3 Å². The van der Waals surface area contributed by atoms with Gasteiger partial charge >= 0.3 is 0 Å². The highest BCUT2D eigenvalue weighted by molar-refractivity contribution is 6.06. The maximum atomic E-state index is 12.6. The molecule has 2 N–H and O–H groups in total. The number of benzene rings is 2. The lowest BCUT2D eigenvalue weighted by Crippen LogP contribution is -2.35. The molecule has 138 valence electrons. The Morgan fingerprint density at radius 3 is 2.69 bits per heavy atom. The second-order valence-electron chi connectivity index (χ2n) is 6.97. The third-order valence-corrected chi connectivity index (χ3v) is 4.63. The topological polar surface area (TPSA) is 61.8 Å². The molecule has 1 amide bonds. The van der Waals surface area contributed by atoms with Gasteiger partial charge in [0, 0.05) is 25.3 Å². The quantitative estimate of drug-likeness (QED) is 0.861. The molecule has 1 fully saturated rings. The molecule has 0 unspecified atom stereocenters. The number of hydrogen-bond acceptors (Lipinski definition) is 4. The third kappa shape index (κ3) is 4.62. The minimum Gasteiger partial charge on any atom is -0.507 e. The highest BCUT2D eigenvalue weighted by atomic mass is 16.5. The lowest BCUT2D eigenvalue weighted by atomic mass is 10.00. The summed E-state index contributed by atoms with van der Waals surface area (Å²) in [5.74, 6) is -0.0103. The number of carbonyl (C=O) groups is 1. The van der Waals surface area contributed by atoms with Crippen molar-refractivity contribution in [2.24, 2.45) is 0 Å². The van der Waals surface area contributed by atoms with Crippen LogP contribution >= 0.6 is 0 Å². The fourth-order valence-electron chi connectivity index (χ4n) is 3.06. The predicted octanol–water partition coefficient (Wildman–Crippen LogP) is 3.60. The average molecular weight is 354 g/mol. The number of phenolic OH excluding ortho intramolecular Hbond substituents is 1. The third-order valence-electron chi connectivity index (χ3n) is 4.63. The number of anilines is 1. The van der Waals surface area contributed by atoms with Crippen LogP contribution in [-0.2, 0) is 11.3 Å². The summed E-state index contributed by atoms with van der Waals surface area (Å²) in [6.45, 7) is 8.33. The number of phenols is 1. The molecule has 1 saturated heterocycles. The second-order valence-corrected chi connectivity index (χ2v) is 6.97. The second kappa shape index (κ2) is 8.34. The molecule has 0 atom stereocenters. The summed E-state index contributed by atoms with van der Waals surface area (Å²) < 4.78 is 5.38. The van der Waals surface area contributed by atoms with Gasteiger partial charge in [-0.3, -0.25) is 9.69 Å². The van der Waals surface area contributed by atoms with Gasteiger partial charge in [-0.15, -0.1) is 0 Å². The Morgan fingerprint density at radius 2 is 1.96 bits per heavy atom. The molecule has 3 rings (SSSR count). The summed E-state index contributed by atoms with van der Waals surface area (Å²) in [5.41, 5.74) is 3.20. The van der Waals surface area contributed by atoms with Gasteiger partial charge in [-0.25, -0.2) is 0 Å². The zero-order valence-electron chi connectivity index (χ0n) is 15.4. The smallest absolute Gasteiger partial charge is 0.259 e. The van der Waals surface area contributed by atoms with E-state index in [4.69, 9.17) is 4.74 Å². The van der Waals surface area contributed by atoms with E-state index in [2.05, 4.69) is 30.1 Å². The van der Waals surface area contributed by atoms with Crippen LogP contribution in [-0.4, -0.2) is 42.2 Å². The number of ether oxygens (including phenoxy) is 1. The van der Waals surface area contributed by atoms with Gasteiger partial charge in [0.2, 0.25) is 0 Å². The fraction of sp³-hybridized carbons (Fsp3) is 0.381. The van der Waals surface area contributed by atoms with Crippen LogP contribution in [0.5, 0.6) is 5.75 Å². The van der Waals surface area contributed by atoms with Gasteiger partial charge in [0.15, 0.2) is 0 Å². The first kappa shape index (κ1) is 18.4. The van der Waals surface area contributed by atoms with Crippen LogP contribution < -0.4 is 5.32 Å². The minimum atomic E-state index is -0.298. The average Bonchev–Trinajstić information content (AvgIpc) is 2.63. The zero-order chi connectivity index (χ0) is 18.5. The Balaban J connectivity index is 1.71. The van der Waals surface area contributed by atoms with Crippen molar-refractivity contribution in [3.8, 4) is 5.75 Å². The molecule has 0 radical (unpaired) electrons. The predicted molar refractivity (Wildman–Crippen MR) is 103 cm³/mol. The Hall–Kier alpha value is -2.37. The Morgan fingerprint density at radius 1 is 1.19 bits per heavy atom. The highest BCUT2D eigenvalue weighted by Gasteiger charge is 2.15. The molecule has 5 nitrogen and oxygen atoms in total. The van der Waals surface area contributed by atoms with Crippen molar-refractivity contribution in [1.82, 2.24) is 4.90 Å². The number of nitrogens with one attached hydrogen (secondary N) is 1. The molecule has 0 bridgehead atoms. The van der Waals surface area contributed by atoms with E-state index in [0.29, 0.717) is 11.5 Å². The van der Waals surface area contributed by atoms with Crippen molar-refractivity contribution >= 4 is 11.6 Å². The lowest BCUT2D eigenvalue weighted by Gasteiger charge is -2.26. The van der Waals surface area contributed by atoms with E-state index in [0.717, 1.165) is 49.7 Å². The van der Waals surface area contributed by atoms with Crippen molar-refractivity contribution < 1.29 is 14.6 Å². The molecule has 5 heteroatoms. The molecule has 26 heavy (non-hydrogen) atoms. The first-order valence-electron chi connectivity index (χ1n) is 9.06. The number of aromatic hydroxyl groups is 1. The monoisotopic (exact) mass is 354 g/mol. The molecular weight excluding hydrogens is 328 g/mol. The summed E-state index contributed by atoms with van der Waals surface area (Å²) in [4.78, 5) is 14.9. The molecule has 1 aliphatic heterocycles. The maximum Gasteiger partial charge on any atom is 0.259 e. The Labute approximate surface area is 154 Å². The van der Waals surface area contributed by atoms with E-state index in [-0.39, 0.29) is 11.7 Å². The summed E-state index contributed by atoms with van der Waals surface area (Å²) in [6.07, 6.45) is 0. The van der Waals surface area contributed by atoms with E-state index in [1.54, 1.807) is 12.1 Å². The summed E-state index contributed by atoms with van der Waals surface area (Å²) in [7, 11) is 0.